The van der Waals surface area contributed by atoms with E-state index in [0.717, 1.165) is 29.5 Å². The molecule has 4 heteroatoms. The van der Waals surface area contributed by atoms with Crippen LogP contribution in [0.25, 0.3) is 10.2 Å². The van der Waals surface area contributed by atoms with E-state index in [1.54, 1.807) is 6.33 Å². The summed E-state index contributed by atoms with van der Waals surface area (Å²) in [5, 5.41) is 4.76. The standard InChI is InChI=1S/C18H19N3S/c1-12-7-8-14-15(9-12)22-18-16(14)17(20-11-21-18)19-10-13-5-3-2-4-6-13/h2-6,11-12H,7-10H2,1H3,(H,19,20,21)/t12-/m0/s1. The number of nitrogens with one attached hydrogen (secondary N) is 1. The van der Waals surface area contributed by atoms with Gasteiger partial charge in [0.2, 0.25) is 0 Å². The third-order valence-electron chi connectivity index (χ3n) is 4.39. The molecule has 3 nitrogen and oxygen atoms in total. The summed E-state index contributed by atoms with van der Waals surface area (Å²) in [5.41, 5.74) is 2.75. The van der Waals surface area contributed by atoms with Gasteiger partial charge in [0, 0.05) is 11.4 Å². The van der Waals surface area contributed by atoms with Crippen molar-refractivity contribution < 1.29 is 0 Å². The zero-order valence-corrected chi connectivity index (χ0v) is 13.5. The molecule has 0 aliphatic heterocycles. The molecule has 1 N–H and O–H groups in total. The van der Waals surface area contributed by atoms with Gasteiger partial charge >= 0.3 is 0 Å². The molecule has 2 aromatic heterocycles. The van der Waals surface area contributed by atoms with Crippen molar-refractivity contribution in [1.29, 1.82) is 0 Å². The Morgan fingerprint density at radius 3 is 2.95 bits per heavy atom. The van der Waals surface area contributed by atoms with Crippen LogP contribution in [0.2, 0.25) is 0 Å². The van der Waals surface area contributed by atoms with Crippen LogP contribution in [0.15, 0.2) is 36.7 Å². The Hall–Kier alpha value is -1.94. The summed E-state index contributed by atoms with van der Waals surface area (Å²) < 4.78 is 0. The Kier molecular flexibility index (Phi) is 3.54. The monoisotopic (exact) mass is 309 g/mol. The fraction of sp³-hybridized carbons (Fsp3) is 0.333. The summed E-state index contributed by atoms with van der Waals surface area (Å²) in [7, 11) is 0. The lowest BCUT2D eigenvalue weighted by atomic mass is 9.89. The number of rotatable bonds is 3. The van der Waals surface area contributed by atoms with E-state index in [9.17, 15) is 0 Å². The SMILES string of the molecule is C[C@H]1CCc2c(sc3ncnc(NCc4ccccc4)c23)C1. The Labute approximate surface area is 134 Å². The first-order valence-electron chi connectivity index (χ1n) is 7.84. The van der Waals surface area contributed by atoms with Gasteiger partial charge in [-0.3, -0.25) is 0 Å². The highest BCUT2D eigenvalue weighted by Gasteiger charge is 2.22. The molecule has 0 amide bonds. The second kappa shape index (κ2) is 5.69. The van der Waals surface area contributed by atoms with Crippen LogP contribution in [0.5, 0.6) is 0 Å². The predicted molar refractivity (Wildman–Crippen MR) is 92.4 cm³/mol. The maximum absolute atomic E-state index is 4.51. The minimum Gasteiger partial charge on any atom is -0.365 e. The van der Waals surface area contributed by atoms with Gasteiger partial charge < -0.3 is 5.32 Å². The number of hydrogen-bond acceptors (Lipinski definition) is 4. The highest BCUT2D eigenvalue weighted by Crippen LogP contribution is 2.39. The third-order valence-corrected chi connectivity index (χ3v) is 5.56. The highest BCUT2D eigenvalue weighted by molar-refractivity contribution is 7.19. The van der Waals surface area contributed by atoms with E-state index in [-0.39, 0.29) is 0 Å². The molecule has 3 aromatic rings. The summed E-state index contributed by atoms with van der Waals surface area (Å²) in [6, 6.07) is 10.5. The van der Waals surface area contributed by atoms with Gasteiger partial charge in [0.15, 0.2) is 0 Å². The molecule has 1 aromatic carbocycles. The Morgan fingerprint density at radius 1 is 1.23 bits per heavy atom. The van der Waals surface area contributed by atoms with Crippen LogP contribution in [-0.4, -0.2) is 9.97 Å². The summed E-state index contributed by atoms with van der Waals surface area (Å²) in [6.07, 6.45) is 5.30. The maximum atomic E-state index is 4.51. The van der Waals surface area contributed by atoms with Gasteiger partial charge in [-0.15, -0.1) is 11.3 Å². The zero-order chi connectivity index (χ0) is 14.9. The van der Waals surface area contributed by atoms with Crippen LogP contribution >= 0.6 is 11.3 Å². The van der Waals surface area contributed by atoms with E-state index >= 15 is 0 Å². The lowest BCUT2D eigenvalue weighted by molar-refractivity contribution is 0.509. The van der Waals surface area contributed by atoms with Crippen LogP contribution in [0.1, 0.15) is 29.3 Å². The molecule has 1 aliphatic carbocycles. The van der Waals surface area contributed by atoms with Crippen molar-refractivity contribution in [3.63, 3.8) is 0 Å². The lowest BCUT2D eigenvalue weighted by Crippen LogP contribution is -2.09. The first-order valence-corrected chi connectivity index (χ1v) is 8.66. The van der Waals surface area contributed by atoms with Gasteiger partial charge in [-0.1, -0.05) is 37.3 Å². The molecule has 0 fully saturated rings. The largest absolute Gasteiger partial charge is 0.365 e. The zero-order valence-electron chi connectivity index (χ0n) is 12.7. The smallest absolute Gasteiger partial charge is 0.138 e. The molecular formula is C18H19N3S. The van der Waals surface area contributed by atoms with E-state index in [0.29, 0.717) is 0 Å². The second-order valence-corrected chi connectivity index (χ2v) is 7.18. The van der Waals surface area contributed by atoms with E-state index < -0.39 is 0 Å². The summed E-state index contributed by atoms with van der Waals surface area (Å²) >= 11 is 1.85. The van der Waals surface area contributed by atoms with Crippen LogP contribution in [0.3, 0.4) is 0 Å². The Morgan fingerprint density at radius 2 is 2.09 bits per heavy atom. The average molecular weight is 309 g/mol. The van der Waals surface area contributed by atoms with E-state index in [4.69, 9.17) is 0 Å². The van der Waals surface area contributed by atoms with Crippen molar-refractivity contribution in [2.75, 3.05) is 5.32 Å². The lowest BCUT2D eigenvalue weighted by Gasteiger charge is -2.18. The number of hydrogen-bond donors (Lipinski definition) is 1. The summed E-state index contributed by atoms with van der Waals surface area (Å²) in [4.78, 5) is 11.6. The highest BCUT2D eigenvalue weighted by atomic mass is 32.1. The number of benzene rings is 1. The summed E-state index contributed by atoms with van der Waals surface area (Å²) in [6.45, 7) is 3.14. The third kappa shape index (κ3) is 2.48. The normalized spacial score (nSPS) is 17.4. The van der Waals surface area contributed by atoms with Gasteiger partial charge in [0.25, 0.3) is 0 Å². The van der Waals surface area contributed by atoms with Crippen LogP contribution in [0.4, 0.5) is 5.82 Å². The molecule has 0 radical (unpaired) electrons. The number of thiophene rings is 1. The van der Waals surface area contributed by atoms with Crippen molar-refractivity contribution in [1.82, 2.24) is 9.97 Å². The number of nitrogens with zero attached hydrogens (tertiary/aromatic N) is 2. The first kappa shape index (κ1) is 13.7. The fourth-order valence-corrected chi connectivity index (χ4v) is 4.54. The van der Waals surface area contributed by atoms with Crippen LogP contribution in [0, 0.1) is 5.92 Å². The molecule has 112 valence electrons. The van der Waals surface area contributed by atoms with Gasteiger partial charge in [0.05, 0.1) is 5.39 Å². The van der Waals surface area contributed by atoms with Crippen molar-refractivity contribution in [3.05, 3.63) is 52.7 Å². The molecule has 1 atom stereocenters. The minimum atomic E-state index is 0.786. The molecule has 0 unspecified atom stereocenters. The van der Waals surface area contributed by atoms with Gasteiger partial charge in [-0.05, 0) is 36.3 Å². The Bertz CT molecular complexity index is 795. The average Bonchev–Trinajstić information content (AvgIpc) is 2.91. The van der Waals surface area contributed by atoms with Crippen molar-refractivity contribution in [2.45, 2.75) is 32.7 Å². The molecule has 2 heterocycles. The van der Waals surface area contributed by atoms with Crippen LogP contribution in [-0.2, 0) is 19.4 Å². The topological polar surface area (TPSA) is 37.8 Å². The van der Waals surface area contributed by atoms with Crippen molar-refractivity contribution >= 4 is 27.4 Å². The maximum Gasteiger partial charge on any atom is 0.138 e. The molecule has 22 heavy (non-hydrogen) atoms. The second-order valence-electron chi connectivity index (χ2n) is 6.09. The summed E-state index contributed by atoms with van der Waals surface area (Å²) in [5.74, 6) is 1.77. The Balaban J connectivity index is 1.69. The van der Waals surface area contributed by atoms with E-state index in [1.807, 2.05) is 17.4 Å². The molecule has 0 saturated heterocycles. The molecule has 4 rings (SSSR count). The number of fused-ring (bicyclic) bond motifs is 3. The van der Waals surface area contributed by atoms with Crippen LogP contribution < -0.4 is 5.32 Å². The first-order chi connectivity index (χ1) is 10.8. The molecule has 0 bridgehead atoms. The fourth-order valence-electron chi connectivity index (χ4n) is 3.19. The van der Waals surface area contributed by atoms with Crippen molar-refractivity contribution in [3.8, 4) is 0 Å². The van der Waals surface area contributed by atoms with E-state index in [2.05, 4.69) is 46.5 Å². The molecule has 0 saturated carbocycles. The molecular weight excluding hydrogens is 290 g/mol. The molecule has 0 spiro atoms. The van der Waals surface area contributed by atoms with E-state index in [1.165, 1.54) is 34.2 Å². The number of aromatic nitrogens is 2. The predicted octanol–water partition coefficient (Wildman–Crippen LogP) is 4.43. The van der Waals surface area contributed by atoms with Gasteiger partial charge in [-0.2, -0.15) is 0 Å². The number of anilines is 1. The molecule has 1 aliphatic rings. The minimum absolute atomic E-state index is 0.786. The van der Waals surface area contributed by atoms with Crippen molar-refractivity contribution in [2.24, 2.45) is 5.92 Å². The quantitative estimate of drug-likeness (QED) is 0.778. The van der Waals surface area contributed by atoms with Gasteiger partial charge in [0.1, 0.15) is 17.0 Å². The van der Waals surface area contributed by atoms with Gasteiger partial charge in [-0.25, -0.2) is 9.97 Å². The number of aryl methyl sites for hydroxylation is 1.